The molecule has 0 radical (unpaired) electrons. The van der Waals surface area contributed by atoms with Crippen LogP contribution in [0.25, 0.3) is 87.8 Å². The van der Waals surface area contributed by atoms with Crippen molar-refractivity contribution in [2.45, 2.75) is 0 Å². The van der Waals surface area contributed by atoms with Gasteiger partial charge in [0.1, 0.15) is 11.0 Å². The van der Waals surface area contributed by atoms with Crippen LogP contribution in [0.5, 0.6) is 0 Å². The zero-order chi connectivity index (χ0) is 29.0. The van der Waals surface area contributed by atoms with E-state index in [1.54, 1.807) is 0 Å². The van der Waals surface area contributed by atoms with E-state index in [0.717, 1.165) is 33.6 Å². The minimum Gasteiger partial charge on any atom is -0.248 e. The lowest BCUT2D eigenvalue weighted by Crippen LogP contribution is -1.96. The van der Waals surface area contributed by atoms with Crippen LogP contribution in [-0.4, -0.2) is 25.6 Å². The van der Waals surface area contributed by atoms with Crippen LogP contribution >= 0.6 is 0 Å². The molecule has 5 nitrogen and oxygen atoms in total. The van der Waals surface area contributed by atoms with Crippen molar-refractivity contribution >= 4 is 54.1 Å². The summed E-state index contributed by atoms with van der Waals surface area (Å²) in [6.07, 6.45) is 0. The Morgan fingerprint density at radius 2 is 0.773 bits per heavy atom. The Hall–Kier alpha value is -6.07. The third-order valence-electron chi connectivity index (χ3n) is 8.53. The fraction of sp³-hybridized carbons (Fsp3) is 0. The predicted octanol–water partition coefficient (Wildman–Crippen LogP) is 9.43. The monoisotopic (exact) mass is 561 g/mol. The summed E-state index contributed by atoms with van der Waals surface area (Å²) in [5, 5.41) is 25.3. The number of hydrogen-bond donors (Lipinski definition) is 0. The van der Waals surface area contributed by atoms with E-state index in [1.807, 2.05) is 12.1 Å². The molecule has 2 aromatic heterocycles. The molecule has 9 aromatic rings. The van der Waals surface area contributed by atoms with Crippen LogP contribution < -0.4 is 0 Å². The minimum absolute atomic E-state index is 0.698. The molecule has 0 fully saturated rings. The maximum atomic E-state index is 5.51. The van der Waals surface area contributed by atoms with Gasteiger partial charge in [0.2, 0.25) is 0 Å². The van der Waals surface area contributed by atoms with Crippen LogP contribution in [0, 0.1) is 0 Å². The molecule has 0 saturated carbocycles. The Kier molecular flexibility index (Phi) is 5.43. The first-order valence-electron chi connectivity index (χ1n) is 14.6. The van der Waals surface area contributed by atoms with Gasteiger partial charge in [-0.15, -0.1) is 10.2 Å². The summed E-state index contributed by atoms with van der Waals surface area (Å²) in [6.45, 7) is 0. The first-order valence-corrected chi connectivity index (χ1v) is 14.6. The number of fused-ring (bicyclic) bond motifs is 5. The van der Waals surface area contributed by atoms with E-state index >= 15 is 0 Å². The summed E-state index contributed by atoms with van der Waals surface area (Å²) in [6, 6.07) is 49.3. The molecule has 0 amide bonds. The maximum Gasteiger partial charge on any atom is 0.116 e. The highest BCUT2D eigenvalue weighted by Crippen LogP contribution is 2.41. The smallest absolute Gasteiger partial charge is 0.116 e. The second-order valence-corrected chi connectivity index (χ2v) is 11.1. The lowest BCUT2D eigenvalue weighted by atomic mass is 9.90. The van der Waals surface area contributed by atoms with Crippen LogP contribution in [0.2, 0.25) is 0 Å². The zero-order valence-corrected chi connectivity index (χ0v) is 23.5. The molecule has 0 unspecified atom stereocenters. The predicted molar refractivity (Wildman–Crippen MR) is 179 cm³/mol. The van der Waals surface area contributed by atoms with Gasteiger partial charge in [0, 0.05) is 11.1 Å². The quantitative estimate of drug-likeness (QED) is 0.201. The van der Waals surface area contributed by atoms with Gasteiger partial charge >= 0.3 is 0 Å². The van der Waals surface area contributed by atoms with Gasteiger partial charge in [-0.25, -0.2) is 4.98 Å². The van der Waals surface area contributed by atoms with Gasteiger partial charge in [0.05, 0.1) is 11.4 Å². The summed E-state index contributed by atoms with van der Waals surface area (Å²) in [7, 11) is 0. The zero-order valence-electron chi connectivity index (χ0n) is 23.5. The molecule has 0 saturated heterocycles. The SMILES string of the molecule is c1ccc2c(-c3cc(-c4ccc5nnnnc5c4)cc(-c4c5ccccc5cc5ccccc45)n3)c3ccccc3cc2c1. The molecule has 0 N–H and O–H groups in total. The van der Waals surface area contributed by atoms with E-state index in [9.17, 15) is 0 Å². The number of pyridine rings is 1. The normalized spacial score (nSPS) is 11.6. The Labute approximate surface area is 252 Å². The van der Waals surface area contributed by atoms with Crippen LogP contribution in [0.15, 0.2) is 140 Å². The van der Waals surface area contributed by atoms with E-state index in [0.29, 0.717) is 11.0 Å². The molecule has 9 rings (SSSR count). The number of aromatic nitrogens is 5. The van der Waals surface area contributed by atoms with Crippen LogP contribution in [0.3, 0.4) is 0 Å². The van der Waals surface area contributed by atoms with Crippen molar-refractivity contribution in [1.82, 2.24) is 25.6 Å². The van der Waals surface area contributed by atoms with E-state index in [-0.39, 0.29) is 0 Å². The van der Waals surface area contributed by atoms with Gasteiger partial charge in [0.15, 0.2) is 0 Å². The molecule has 0 aliphatic rings. The van der Waals surface area contributed by atoms with Gasteiger partial charge in [-0.2, -0.15) is 0 Å². The second-order valence-electron chi connectivity index (χ2n) is 11.1. The summed E-state index contributed by atoms with van der Waals surface area (Å²) in [5.41, 5.74) is 7.54. The molecular weight excluding hydrogens is 538 g/mol. The average molecular weight is 562 g/mol. The maximum absolute atomic E-state index is 5.51. The molecule has 204 valence electrons. The largest absolute Gasteiger partial charge is 0.248 e. The topological polar surface area (TPSA) is 64.5 Å². The fourth-order valence-corrected chi connectivity index (χ4v) is 6.54. The minimum atomic E-state index is 0.698. The van der Waals surface area contributed by atoms with Crippen molar-refractivity contribution in [2.24, 2.45) is 0 Å². The first-order chi connectivity index (χ1) is 21.8. The molecule has 0 aliphatic carbocycles. The van der Waals surface area contributed by atoms with Crippen LogP contribution in [0.1, 0.15) is 0 Å². The third-order valence-corrected chi connectivity index (χ3v) is 8.53. The number of benzene rings is 7. The summed E-state index contributed by atoms with van der Waals surface area (Å²) >= 11 is 0. The molecule has 0 spiro atoms. The molecule has 5 heteroatoms. The van der Waals surface area contributed by atoms with Gasteiger partial charge in [0.25, 0.3) is 0 Å². The molecule has 0 atom stereocenters. The molecule has 0 aliphatic heterocycles. The lowest BCUT2D eigenvalue weighted by Gasteiger charge is -2.17. The second kappa shape index (κ2) is 9.75. The van der Waals surface area contributed by atoms with Crippen molar-refractivity contribution < 1.29 is 0 Å². The average Bonchev–Trinajstić information content (AvgIpc) is 3.09. The molecule has 7 aromatic carbocycles. The van der Waals surface area contributed by atoms with E-state index in [4.69, 9.17) is 4.98 Å². The Balaban J connectivity index is 1.43. The standard InChI is InChI=1S/C39H23N5/c1-5-13-30-25(9-1)19-26-10-2-6-14-31(26)38(30)36-22-29(24-17-18-34-35(21-24)42-44-43-41-34)23-37(40-36)39-32-15-7-3-11-27(32)20-28-12-4-8-16-33(28)39/h1-23H. The first kappa shape index (κ1) is 24.5. The summed E-state index contributed by atoms with van der Waals surface area (Å²) in [4.78, 5) is 5.51. The van der Waals surface area contributed by atoms with Gasteiger partial charge in [-0.3, -0.25) is 0 Å². The number of rotatable bonds is 3. The fourth-order valence-electron chi connectivity index (χ4n) is 6.54. The molecule has 2 heterocycles. The van der Waals surface area contributed by atoms with Crippen LogP contribution in [-0.2, 0) is 0 Å². The summed E-state index contributed by atoms with van der Waals surface area (Å²) < 4.78 is 0. The lowest BCUT2D eigenvalue weighted by molar-refractivity contribution is 0.797. The van der Waals surface area contributed by atoms with Crippen molar-refractivity contribution in [3.63, 3.8) is 0 Å². The highest BCUT2D eigenvalue weighted by Gasteiger charge is 2.18. The number of hydrogen-bond acceptors (Lipinski definition) is 5. The molecule has 44 heavy (non-hydrogen) atoms. The van der Waals surface area contributed by atoms with Crippen molar-refractivity contribution in [2.75, 3.05) is 0 Å². The van der Waals surface area contributed by atoms with Gasteiger partial charge in [-0.1, -0.05) is 103 Å². The van der Waals surface area contributed by atoms with Crippen molar-refractivity contribution in [3.8, 4) is 33.6 Å². The van der Waals surface area contributed by atoms with Crippen molar-refractivity contribution in [1.29, 1.82) is 0 Å². The molecular formula is C39H23N5. The Bertz CT molecular complexity index is 2330. The van der Waals surface area contributed by atoms with Gasteiger partial charge in [-0.05, 0) is 101 Å². The highest BCUT2D eigenvalue weighted by atomic mass is 15.4. The van der Waals surface area contributed by atoms with E-state index in [2.05, 4.69) is 148 Å². The van der Waals surface area contributed by atoms with E-state index < -0.39 is 0 Å². The van der Waals surface area contributed by atoms with E-state index in [1.165, 1.54) is 43.1 Å². The van der Waals surface area contributed by atoms with Gasteiger partial charge < -0.3 is 0 Å². The van der Waals surface area contributed by atoms with Crippen molar-refractivity contribution in [3.05, 3.63) is 140 Å². The Morgan fingerprint density at radius 1 is 0.341 bits per heavy atom. The van der Waals surface area contributed by atoms with Crippen LogP contribution in [0.4, 0.5) is 0 Å². The third kappa shape index (κ3) is 3.91. The number of nitrogens with zero attached hydrogens (tertiary/aromatic N) is 5. The Morgan fingerprint density at radius 3 is 1.25 bits per heavy atom. The summed E-state index contributed by atoms with van der Waals surface area (Å²) in [5.74, 6) is 0. The highest BCUT2D eigenvalue weighted by molar-refractivity contribution is 6.14. The molecule has 0 bridgehead atoms.